The monoisotopic (exact) mass is 606 g/mol. The Morgan fingerprint density at radius 3 is 2.33 bits per heavy atom. The Hall–Kier alpha value is -4.54. The number of methoxy groups -OCH3 is 2. The van der Waals surface area contributed by atoms with Gasteiger partial charge in [0, 0.05) is 40.5 Å². The number of rotatable bonds is 7. The smallest absolute Gasteiger partial charge is 0.324 e. The number of hydrogen-bond acceptors (Lipinski definition) is 7. The minimum absolute atomic E-state index is 0.273. The van der Waals surface area contributed by atoms with E-state index in [4.69, 9.17) is 42.4 Å². The number of carbonyl (C=O) groups is 1. The van der Waals surface area contributed by atoms with Gasteiger partial charge in [-0.3, -0.25) is 10.3 Å². The third-order valence-corrected chi connectivity index (χ3v) is 6.88. The van der Waals surface area contributed by atoms with Crippen LogP contribution in [0, 0.1) is 0 Å². The van der Waals surface area contributed by atoms with E-state index in [0.29, 0.717) is 62.5 Å². The fourth-order valence-electron chi connectivity index (χ4n) is 4.17. The number of imidazole rings is 1. The van der Waals surface area contributed by atoms with E-state index in [1.807, 2.05) is 20.8 Å². The lowest BCUT2D eigenvalue weighted by molar-refractivity contribution is 0.262. The maximum absolute atomic E-state index is 13.0. The van der Waals surface area contributed by atoms with Crippen LogP contribution in [-0.4, -0.2) is 40.2 Å². The molecule has 0 spiro atoms. The largest absolute Gasteiger partial charge is 0.493 e. The first-order valence-corrected chi connectivity index (χ1v) is 13.6. The lowest BCUT2D eigenvalue weighted by Crippen LogP contribution is -2.20. The highest BCUT2D eigenvalue weighted by Gasteiger charge is 2.24. The molecule has 0 saturated carbocycles. The van der Waals surface area contributed by atoms with Gasteiger partial charge in [0.1, 0.15) is 34.0 Å². The molecule has 0 aliphatic heterocycles. The predicted molar refractivity (Wildman–Crippen MR) is 165 cm³/mol. The fraction of sp³-hybridized carbons (Fsp3) is 0.200. The topological polar surface area (TPSA) is 123 Å². The molecular formula is C30H28Cl2N6O4. The van der Waals surface area contributed by atoms with Crippen LogP contribution in [0.3, 0.4) is 0 Å². The molecule has 0 aliphatic carbocycles. The van der Waals surface area contributed by atoms with Crippen molar-refractivity contribution in [1.82, 2.24) is 19.9 Å². The van der Waals surface area contributed by atoms with Crippen molar-refractivity contribution in [2.75, 3.05) is 24.9 Å². The van der Waals surface area contributed by atoms with Crippen molar-refractivity contribution in [3.63, 3.8) is 0 Å². The fourth-order valence-corrected chi connectivity index (χ4v) is 4.60. The van der Waals surface area contributed by atoms with E-state index in [1.54, 1.807) is 75.1 Å². The zero-order valence-electron chi connectivity index (χ0n) is 23.5. The molecule has 10 nitrogen and oxygen atoms in total. The lowest BCUT2D eigenvalue weighted by Gasteiger charge is -2.14. The second-order valence-electron chi connectivity index (χ2n) is 10.3. The normalized spacial score (nSPS) is 11.3. The number of halogens is 2. The Bertz CT molecular complexity index is 1780. The van der Waals surface area contributed by atoms with Crippen LogP contribution in [0.4, 0.5) is 16.3 Å². The van der Waals surface area contributed by atoms with Crippen molar-refractivity contribution in [3.8, 4) is 34.3 Å². The minimum Gasteiger partial charge on any atom is -0.493 e. The van der Waals surface area contributed by atoms with Gasteiger partial charge in [-0.15, -0.1) is 0 Å². The van der Waals surface area contributed by atoms with Gasteiger partial charge in [-0.05, 0) is 42.5 Å². The summed E-state index contributed by atoms with van der Waals surface area (Å²) in [5.74, 6) is 3.08. The maximum Gasteiger partial charge on any atom is 0.324 e. The van der Waals surface area contributed by atoms with Crippen molar-refractivity contribution in [2.45, 2.75) is 26.2 Å². The van der Waals surface area contributed by atoms with E-state index in [-0.39, 0.29) is 15.6 Å². The van der Waals surface area contributed by atoms with Crippen LogP contribution >= 0.6 is 23.2 Å². The highest BCUT2D eigenvalue weighted by atomic mass is 35.5. The summed E-state index contributed by atoms with van der Waals surface area (Å²) in [5, 5.41) is 6.90. The van der Waals surface area contributed by atoms with Crippen LogP contribution in [-0.2, 0) is 5.41 Å². The molecule has 0 bridgehead atoms. The molecule has 0 radical (unpaired) electrons. The number of aromatic nitrogens is 4. The van der Waals surface area contributed by atoms with Crippen LogP contribution in [0.5, 0.6) is 23.0 Å². The Kier molecular flexibility index (Phi) is 8.11. The Labute approximate surface area is 252 Å². The van der Waals surface area contributed by atoms with Gasteiger partial charge in [-0.1, -0.05) is 44.0 Å². The summed E-state index contributed by atoms with van der Waals surface area (Å²) >= 11 is 12.9. The van der Waals surface area contributed by atoms with Crippen LogP contribution < -0.4 is 24.8 Å². The van der Waals surface area contributed by atoms with Crippen molar-refractivity contribution in [3.05, 3.63) is 76.9 Å². The van der Waals surface area contributed by atoms with E-state index in [9.17, 15) is 4.79 Å². The molecule has 3 heterocycles. The van der Waals surface area contributed by atoms with E-state index in [2.05, 4.69) is 25.6 Å². The first kappa shape index (κ1) is 29.0. The SMILES string of the molecule is COc1cc2nccc(Oc3ccc(NC(=O)Nc4[nH]c(C(C)(C)C)nc4-c4cccnc4Cl)cc3Cl)c2cc1OC. The first-order valence-electron chi connectivity index (χ1n) is 12.8. The number of benzene rings is 2. The second kappa shape index (κ2) is 11.8. The standard InChI is InChI=1S/C30H28Cl2N6O4/c1-30(2,3)28-36-25(17-7-6-11-34-26(17)32)27(37-28)38-29(39)35-16-8-9-22(19(31)13-16)42-21-10-12-33-20-15-24(41-5)23(40-4)14-18(20)21/h6-15H,1-5H3,(H,36,37)(H2,35,38,39). The average Bonchev–Trinajstić information content (AvgIpc) is 3.38. The van der Waals surface area contributed by atoms with Crippen LogP contribution in [0.2, 0.25) is 10.2 Å². The molecule has 3 aromatic heterocycles. The zero-order valence-corrected chi connectivity index (χ0v) is 25.0. The number of ether oxygens (including phenoxy) is 3. The predicted octanol–water partition coefficient (Wildman–Crippen LogP) is 8.08. The second-order valence-corrected chi connectivity index (χ2v) is 11.0. The molecule has 3 N–H and O–H groups in total. The number of aromatic amines is 1. The Balaban J connectivity index is 1.36. The van der Waals surface area contributed by atoms with Crippen molar-refractivity contribution in [2.24, 2.45) is 0 Å². The number of pyridine rings is 2. The molecular weight excluding hydrogens is 579 g/mol. The number of amides is 2. The molecule has 12 heteroatoms. The molecule has 0 atom stereocenters. The van der Waals surface area contributed by atoms with Crippen LogP contribution in [0.15, 0.2) is 60.9 Å². The van der Waals surface area contributed by atoms with E-state index in [1.165, 1.54) is 0 Å². The summed E-state index contributed by atoms with van der Waals surface area (Å²) in [6, 6.07) is 13.3. The number of carbonyl (C=O) groups excluding carboxylic acids is 1. The summed E-state index contributed by atoms with van der Waals surface area (Å²) < 4.78 is 16.9. The third kappa shape index (κ3) is 6.05. The van der Waals surface area contributed by atoms with Gasteiger partial charge in [0.15, 0.2) is 11.5 Å². The summed E-state index contributed by atoms with van der Waals surface area (Å²) in [6.45, 7) is 6.04. The van der Waals surface area contributed by atoms with Gasteiger partial charge in [-0.2, -0.15) is 0 Å². The average molecular weight is 607 g/mol. The number of anilines is 2. The molecule has 0 saturated heterocycles. The molecule has 216 valence electrons. The molecule has 0 fully saturated rings. The lowest BCUT2D eigenvalue weighted by atomic mass is 9.96. The molecule has 5 aromatic rings. The van der Waals surface area contributed by atoms with Gasteiger partial charge >= 0.3 is 6.03 Å². The molecule has 2 aromatic carbocycles. The van der Waals surface area contributed by atoms with Crippen molar-refractivity contribution >= 4 is 51.6 Å². The van der Waals surface area contributed by atoms with Crippen LogP contribution in [0.25, 0.3) is 22.2 Å². The van der Waals surface area contributed by atoms with Gasteiger partial charge in [0.25, 0.3) is 0 Å². The zero-order chi connectivity index (χ0) is 30.0. The van der Waals surface area contributed by atoms with Crippen LogP contribution in [0.1, 0.15) is 26.6 Å². The number of urea groups is 1. The highest BCUT2D eigenvalue weighted by Crippen LogP contribution is 2.39. The highest BCUT2D eigenvalue weighted by molar-refractivity contribution is 6.32. The molecule has 0 unspecified atom stereocenters. The van der Waals surface area contributed by atoms with E-state index in [0.717, 1.165) is 0 Å². The molecule has 5 rings (SSSR count). The van der Waals surface area contributed by atoms with Gasteiger partial charge in [-0.25, -0.2) is 14.8 Å². The minimum atomic E-state index is -0.508. The number of nitrogens with one attached hydrogen (secondary N) is 3. The van der Waals surface area contributed by atoms with Crippen molar-refractivity contribution in [1.29, 1.82) is 0 Å². The number of nitrogens with zero attached hydrogens (tertiary/aromatic N) is 3. The Morgan fingerprint density at radius 1 is 0.881 bits per heavy atom. The molecule has 42 heavy (non-hydrogen) atoms. The Morgan fingerprint density at radius 2 is 1.64 bits per heavy atom. The van der Waals surface area contributed by atoms with Gasteiger partial charge in [0.2, 0.25) is 0 Å². The maximum atomic E-state index is 13.0. The summed E-state index contributed by atoms with van der Waals surface area (Å²) in [6.07, 6.45) is 3.22. The quantitative estimate of drug-likeness (QED) is 0.160. The number of hydrogen-bond donors (Lipinski definition) is 3. The molecule has 0 aliphatic rings. The number of H-pyrrole nitrogens is 1. The number of fused-ring (bicyclic) bond motifs is 1. The summed E-state index contributed by atoms with van der Waals surface area (Å²) in [7, 11) is 3.12. The summed E-state index contributed by atoms with van der Waals surface area (Å²) in [5.41, 5.74) is 1.88. The van der Waals surface area contributed by atoms with Crippen molar-refractivity contribution < 1.29 is 19.0 Å². The molecule has 2 amide bonds. The van der Waals surface area contributed by atoms with Gasteiger partial charge < -0.3 is 24.5 Å². The third-order valence-electron chi connectivity index (χ3n) is 6.28. The van der Waals surface area contributed by atoms with E-state index >= 15 is 0 Å². The van der Waals surface area contributed by atoms with E-state index < -0.39 is 6.03 Å². The van der Waals surface area contributed by atoms with Gasteiger partial charge in [0.05, 0.1) is 24.8 Å². The first-order chi connectivity index (χ1) is 20.1. The summed E-state index contributed by atoms with van der Waals surface area (Å²) in [4.78, 5) is 29.5.